The maximum atomic E-state index is 12.7. The van der Waals surface area contributed by atoms with Crippen molar-refractivity contribution in [3.05, 3.63) is 69.0 Å². The minimum absolute atomic E-state index is 0.0652. The second-order valence-corrected chi connectivity index (χ2v) is 6.75. The summed E-state index contributed by atoms with van der Waals surface area (Å²) in [5.41, 5.74) is 0.801. The molecule has 0 aliphatic rings. The highest BCUT2D eigenvalue weighted by Crippen LogP contribution is 2.28. The highest BCUT2D eigenvalue weighted by Gasteiger charge is 2.15. The number of ether oxygens (including phenoxy) is 1. The van der Waals surface area contributed by atoms with Crippen LogP contribution < -0.4 is 10.3 Å². The second-order valence-electron chi connectivity index (χ2n) is 5.90. The van der Waals surface area contributed by atoms with Gasteiger partial charge in [-0.2, -0.15) is 4.98 Å². The molecular formula is C19H14Cl2N4O3. The number of rotatable bonds is 5. The van der Waals surface area contributed by atoms with Crippen LogP contribution in [-0.4, -0.2) is 26.3 Å². The summed E-state index contributed by atoms with van der Waals surface area (Å²) < 4.78 is 12.3. The molecule has 9 heteroatoms. The fraction of sp³-hybridized carbons (Fsp3) is 0.158. The lowest BCUT2D eigenvalue weighted by Crippen LogP contribution is -2.21. The van der Waals surface area contributed by atoms with Crippen LogP contribution in [0.4, 0.5) is 0 Å². The van der Waals surface area contributed by atoms with Gasteiger partial charge in [-0.3, -0.25) is 9.36 Å². The van der Waals surface area contributed by atoms with Crippen LogP contribution in [0.5, 0.6) is 5.75 Å². The van der Waals surface area contributed by atoms with Crippen molar-refractivity contribution in [2.24, 2.45) is 0 Å². The van der Waals surface area contributed by atoms with Gasteiger partial charge in [0.25, 0.3) is 5.56 Å². The van der Waals surface area contributed by atoms with E-state index in [-0.39, 0.29) is 18.0 Å². The first-order chi connectivity index (χ1) is 13.6. The normalized spacial score (nSPS) is 11.1. The molecule has 2 aromatic heterocycles. The molecule has 142 valence electrons. The van der Waals surface area contributed by atoms with Crippen LogP contribution in [0.3, 0.4) is 0 Å². The van der Waals surface area contributed by atoms with Gasteiger partial charge in [0, 0.05) is 5.02 Å². The zero-order valence-electron chi connectivity index (χ0n) is 14.7. The molecule has 2 heterocycles. The highest BCUT2D eigenvalue weighted by atomic mass is 35.5. The van der Waals surface area contributed by atoms with E-state index >= 15 is 0 Å². The first-order valence-corrected chi connectivity index (χ1v) is 9.21. The molecule has 0 aliphatic carbocycles. The second kappa shape index (κ2) is 7.61. The fourth-order valence-electron chi connectivity index (χ4n) is 2.81. The minimum atomic E-state index is -0.302. The van der Waals surface area contributed by atoms with Gasteiger partial charge in [0.05, 0.1) is 34.4 Å². The van der Waals surface area contributed by atoms with Gasteiger partial charge >= 0.3 is 0 Å². The van der Waals surface area contributed by atoms with Gasteiger partial charge in [-0.1, -0.05) is 40.5 Å². The standard InChI is InChI=1S/C19H14Cl2N4O3/c1-2-27-15-6-4-3-5-12(15)18-23-16(28-24-18)9-25-10-22-17-13(19(25)26)7-11(20)8-14(17)21/h3-8,10H,2,9H2,1H3. The largest absolute Gasteiger partial charge is 0.493 e. The van der Waals surface area contributed by atoms with Crippen LogP contribution in [-0.2, 0) is 6.54 Å². The molecule has 0 saturated heterocycles. The molecule has 0 bridgehead atoms. The van der Waals surface area contributed by atoms with Crippen molar-refractivity contribution in [1.82, 2.24) is 19.7 Å². The summed E-state index contributed by atoms with van der Waals surface area (Å²) >= 11 is 12.1. The Hall–Kier alpha value is -2.90. The van der Waals surface area contributed by atoms with Gasteiger partial charge in [0.2, 0.25) is 11.7 Å². The molecule has 0 aliphatic heterocycles. The Kier molecular flexibility index (Phi) is 5.02. The van der Waals surface area contributed by atoms with Gasteiger partial charge < -0.3 is 9.26 Å². The zero-order chi connectivity index (χ0) is 19.7. The average Bonchev–Trinajstić information content (AvgIpc) is 3.13. The smallest absolute Gasteiger partial charge is 0.261 e. The molecule has 0 amide bonds. The minimum Gasteiger partial charge on any atom is -0.493 e. The van der Waals surface area contributed by atoms with E-state index < -0.39 is 0 Å². The van der Waals surface area contributed by atoms with Crippen molar-refractivity contribution in [3.63, 3.8) is 0 Å². The summed E-state index contributed by atoms with van der Waals surface area (Å²) in [4.78, 5) is 21.4. The number of hydrogen-bond acceptors (Lipinski definition) is 6. The molecule has 0 spiro atoms. The number of fused-ring (bicyclic) bond motifs is 1. The Morgan fingerprint density at radius 3 is 2.86 bits per heavy atom. The maximum Gasteiger partial charge on any atom is 0.261 e. The number of para-hydroxylation sites is 1. The summed E-state index contributed by atoms with van der Waals surface area (Å²) in [6.45, 7) is 2.48. The third kappa shape index (κ3) is 3.46. The van der Waals surface area contributed by atoms with Gasteiger partial charge in [-0.25, -0.2) is 4.98 Å². The van der Waals surface area contributed by atoms with E-state index in [2.05, 4.69) is 15.1 Å². The van der Waals surface area contributed by atoms with Crippen LogP contribution in [0.25, 0.3) is 22.3 Å². The van der Waals surface area contributed by atoms with Crippen LogP contribution in [0.1, 0.15) is 12.8 Å². The molecule has 0 fully saturated rings. The first-order valence-electron chi connectivity index (χ1n) is 8.45. The van der Waals surface area contributed by atoms with Gasteiger partial charge in [0.15, 0.2) is 0 Å². The fourth-order valence-corrected chi connectivity index (χ4v) is 3.36. The van der Waals surface area contributed by atoms with E-state index in [0.29, 0.717) is 44.7 Å². The predicted molar refractivity (Wildman–Crippen MR) is 106 cm³/mol. The van der Waals surface area contributed by atoms with E-state index in [0.717, 1.165) is 0 Å². The van der Waals surface area contributed by atoms with Crippen molar-refractivity contribution in [2.75, 3.05) is 6.61 Å². The van der Waals surface area contributed by atoms with Crippen LogP contribution in [0.2, 0.25) is 10.0 Å². The Morgan fingerprint density at radius 1 is 1.21 bits per heavy atom. The summed E-state index contributed by atoms with van der Waals surface area (Å²) in [7, 11) is 0. The lowest BCUT2D eigenvalue weighted by atomic mass is 10.2. The van der Waals surface area contributed by atoms with Crippen LogP contribution in [0, 0.1) is 0 Å². The van der Waals surface area contributed by atoms with Crippen molar-refractivity contribution in [3.8, 4) is 17.1 Å². The third-order valence-corrected chi connectivity index (χ3v) is 4.55. The van der Waals surface area contributed by atoms with Crippen molar-refractivity contribution >= 4 is 34.1 Å². The maximum absolute atomic E-state index is 12.7. The lowest BCUT2D eigenvalue weighted by Gasteiger charge is -2.06. The van der Waals surface area contributed by atoms with Crippen LogP contribution in [0.15, 0.2) is 52.0 Å². The Labute approximate surface area is 169 Å². The molecule has 0 atom stereocenters. The van der Waals surface area contributed by atoms with E-state index in [4.69, 9.17) is 32.5 Å². The molecule has 0 radical (unpaired) electrons. The highest BCUT2D eigenvalue weighted by molar-refractivity contribution is 6.38. The molecule has 0 N–H and O–H groups in total. The van der Waals surface area contributed by atoms with E-state index in [1.807, 2.05) is 31.2 Å². The monoisotopic (exact) mass is 416 g/mol. The van der Waals surface area contributed by atoms with Crippen LogP contribution >= 0.6 is 23.2 Å². The van der Waals surface area contributed by atoms with E-state index in [1.54, 1.807) is 6.07 Å². The number of aromatic nitrogens is 4. The molecule has 7 nitrogen and oxygen atoms in total. The number of halogens is 2. The molecular weight excluding hydrogens is 403 g/mol. The van der Waals surface area contributed by atoms with Crippen molar-refractivity contribution in [1.29, 1.82) is 0 Å². The quantitative estimate of drug-likeness (QED) is 0.484. The zero-order valence-corrected chi connectivity index (χ0v) is 16.2. The summed E-state index contributed by atoms with van der Waals surface area (Å²) in [5, 5.41) is 5.00. The van der Waals surface area contributed by atoms with Crippen molar-refractivity contribution < 1.29 is 9.26 Å². The van der Waals surface area contributed by atoms with E-state index in [1.165, 1.54) is 17.0 Å². The number of benzene rings is 2. The average molecular weight is 417 g/mol. The molecule has 4 aromatic rings. The molecule has 0 unspecified atom stereocenters. The lowest BCUT2D eigenvalue weighted by molar-refractivity contribution is 0.340. The summed E-state index contributed by atoms with van der Waals surface area (Å²) in [5.74, 6) is 1.30. The molecule has 28 heavy (non-hydrogen) atoms. The van der Waals surface area contributed by atoms with Gasteiger partial charge in [-0.05, 0) is 31.2 Å². The topological polar surface area (TPSA) is 83.0 Å². The Balaban J connectivity index is 1.68. The molecule has 2 aromatic carbocycles. The summed E-state index contributed by atoms with van der Waals surface area (Å²) in [6, 6.07) is 10.5. The SMILES string of the molecule is CCOc1ccccc1-c1noc(Cn2cnc3c(Cl)cc(Cl)cc3c2=O)n1. The predicted octanol–water partition coefficient (Wildman–Crippen LogP) is 4.20. The first kappa shape index (κ1) is 18.5. The number of hydrogen-bond donors (Lipinski definition) is 0. The Bertz CT molecular complexity index is 1220. The molecule has 4 rings (SSSR count). The van der Waals surface area contributed by atoms with Gasteiger partial charge in [0.1, 0.15) is 12.3 Å². The third-order valence-electron chi connectivity index (χ3n) is 4.05. The summed E-state index contributed by atoms with van der Waals surface area (Å²) in [6.07, 6.45) is 1.39. The van der Waals surface area contributed by atoms with Gasteiger partial charge in [-0.15, -0.1) is 0 Å². The van der Waals surface area contributed by atoms with E-state index in [9.17, 15) is 4.79 Å². The van der Waals surface area contributed by atoms with Crippen molar-refractivity contribution in [2.45, 2.75) is 13.5 Å². The molecule has 0 saturated carbocycles. The Morgan fingerprint density at radius 2 is 2.04 bits per heavy atom. The number of nitrogens with zero attached hydrogens (tertiary/aromatic N) is 4.